The molecular formula is C4H9N3O. The van der Waals surface area contributed by atoms with Crippen LogP contribution in [0.15, 0.2) is 0 Å². The summed E-state index contributed by atoms with van der Waals surface area (Å²) in [6.07, 6.45) is 0.662. The molecule has 2 amide bonds. The van der Waals surface area contributed by atoms with Crippen LogP contribution in [0.4, 0.5) is 4.79 Å². The monoisotopic (exact) mass is 120 g/mol. The summed E-state index contributed by atoms with van der Waals surface area (Å²) in [6, 6.07) is -0.163. The molecule has 0 aromatic rings. The zero-order chi connectivity index (χ0) is 5.98. The first-order valence-electron chi connectivity index (χ1n) is 2.59. The fourth-order valence-electron chi connectivity index (χ4n) is 0.633. The lowest BCUT2D eigenvalue weighted by Gasteiger charge is -2.19. The van der Waals surface area contributed by atoms with Gasteiger partial charge in [-0.05, 0) is 6.42 Å². The number of urea groups is 1. The summed E-state index contributed by atoms with van der Waals surface area (Å²) in [5.41, 5.74) is 5.35. The smallest absolute Gasteiger partial charge is 0.316 e. The summed E-state index contributed by atoms with van der Waals surface area (Å²) < 4.78 is 0. The third kappa shape index (κ3) is 1.10. The van der Waals surface area contributed by atoms with Crippen LogP contribution < -0.4 is 16.4 Å². The number of carbonyl (C=O) groups is 1. The summed E-state index contributed by atoms with van der Waals surface area (Å²) >= 11 is 0. The molecule has 1 aliphatic heterocycles. The molecule has 1 unspecified atom stereocenters. The van der Waals surface area contributed by atoms with E-state index in [4.69, 9.17) is 5.73 Å². The number of nitrogens with one attached hydrogen (secondary N) is 2. The van der Waals surface area contributed by atoms with Crippen LogP contribution in [0.25, 0.3) is 0 Å². The van der Waals surface area contributed by atoms with Crippen LogP contribution in [0.1, 0.15) is 6.42 Å². The second-order valence-electron chi connectivity index (χ2n) is 1.80. The first kappa shape index (κ1) is 5.37. The van der Waals surface area contributed by atoms with E-state index < -0.39 is 0 Å². The quantitative estimate of drug-likeness (QED) is 0.283. The molecule has 1 rings (SSSR count). The predicted molar refractivity (Wildman–Crippen MR) is 29.1 cm³/mol. The maximum atomic E-state index is 10.4. The van der Waals surface area contributed by atoms with E-state index in [1.54, 1.807) is 0 Å². The van der Waals surface area contributed by atoms with Gasteiger partial charge in [0.25, 0.3) is 0 Å². The fourth-order valence-corrected chi connectivity index (χ4v) is 0.633. The highest BCUT2D eigenvalue weighted by atomic mass is 16.4. The van der Waals surface area contributed by atoms with Gasteiger partial charge in [-0.3, -0.25) is 0 Å². The van der Waals surface area contributed by atoms with Crippen molar-refractivity contribution in [1.29, 1.82) is 0 Å². The van der Waals surface area contributed by atoms with E-state index in [9.17, 15) is 4.79 Å². The Morgan fingerprint density at radius 3 is 2.88 bits per heavy atom. The molecule has 1 atom stereocenters. The molecule has 0 aromatic carbocycles. The van der Waals surface area contributed by atoms with Crippen molar-refractivity contribution in [2.45, 2.75) is 12.6 Å². The first-order valence-corrected chi connectivity index (χ1v) is 2.59. The standard InChI is InChI=1S/C4H9N3O/c5-3-1-2-6-4(8)7-3/h3H,1-2,5H2,(H2,6,7,8)/i3+1,4+1,5+1,6+1,7+1. The van der Waals surface area contributed by atoms with Crippen LogP contribution in [0.2, 0.25) is 0 Å². The Kier molecular flexibility index (Phi) is 1.34. The molecule has 1 fully saturated rings. The number of hydrogen-bond donors (Lipinski definition) is 3. The third-order valence-electron chi connectivity index (χ3n) is 1.06. The Hall–Kier alpha value is -0.770. The van der Waals surface area contributed by atoms with Crippen LogP contribution in [-0.4, -0.2) is 18.7 Å². The van der Waals surface area contributed by atoms with Gasteiger partial charge in [-0.15, -0.1) is 0 Å². The SMILES string of the molecule is [15NH2][13CH]1CC[15NH][13C](=O)[15NH]1. The van der Waals surface area contributed by atoms with Crippen molar-refractivity contribution < 1.29 is 4.79 Å². The van der Waals surface area contributed by atoms with Crippen LogP contribution in [0.5, 0.6) is 0 Å². The van der Waals surface area contributed by atoms with Gasteiger partial charge in [-0.25, -0.2) is 4.79 Å². The zero-order valence-corrected chi connectivity index (χ0v) is 4.48. The molecule has 4 heteroatoms. The average Bonchev–Trinajstić information content (AvgIpc) is 1.64. The molecule has 0 aliphatic carbocycles. The van der Waals surface area contributed by atoms with Crippen molar-refractivity contribution in [2.24, 2.45) is 5.73 Å². The number of rotatable bonds is 0. The molecule has 0 radical (unpaired) electrons. The molecule has 0 bridgehead atoms. The van der Waals surface area contributed by atoms with Gasteiger partial charge in [0.2, 0.25) is 0 Å². The van der Waals surface area contributed by atoms with Crippen molar-refractivity contribution in [3.05, 3.63) is 0 Å². The normalized spacial score (nSPS) is 28.6. The van der Waals surface area contributed by atoms with Gasteiger partial charge in [0.1, 0.15) is 0 Å². The van der Waals surface area contributed by atoms with Crippen molar-refractivity contribution in [2.75, 3.05) is 6.54 Å². The van der Waals surface area contributed by atoms with Gasteiger partial charge in [0, 0.05) is 6.54 Å². The Morgan fingerprint density at radius 1 is 1.75 bits per heavy atom. The molecule has 4 nitrogen and oxygen atoms in total. The van der Waals surface area contributed by atoms with Crippen molar-refractivity contribution in [3.63, 3.8) is 0 Å². The molecule has 0 saturated carbocycles. The second kappa shape index (κ2) is 2.00. The number of nitrogens with two attached hydrogens (primary N) is 1. The van der Waals surface area contributed by atoms with Crippen molar-refractivity contribution >= 4 is 6.03 Å². The van der Waals surface area contributed by atoms with E-state index in [0.29, 0.717) is 6.54 Å². The molecule has 0 aromatic heterocycles. The Morgan fingerprint density at radius 2 is 2.50 bits per heavy atom. The number of amides is 2. The van der Waals surface area contributed by atoms with E-state index >= 15 is 0 Å². The summed E-state index contributed by atoms with van der Waals surface area (Å²) in [5, 5.41) is 5.09. The Labute approximate surface area is 47.4 Å². The van der Waals surface area contributed by atoms with Gasteiger partial charge in [0.15, 0.2) is 0 Å². The van der Waals surface area contributed by atoms with E-state index in [2.05, 4.69) is 10.6 Å². The van der Waals surface area contributed by atoms with E-state index in [1.807, 2.05) is 0 Å². The van der Waals surface area contributed by atoms with Gasteiger partial charge in [-0.1, -0.05) is 0 Å². The molecular weight excluding hydrogens is 111 g/mol. The van der Waals surface area contributed by atoms with Gasteiger partial charge in [-0.2, -0.15) is 0 Å². The minimum Gasteiger partial charge on any atom is -0.338 e. The molecule has 0 spiro atoms. The van der Waals surface area contributed by atoms with E-state index in [1.165, 1.54) is 0 Å². The Balaban J connectivity index is 2.34. The van der Waals surface area contributed by atoms with Crippen molar-refractivity contribution in [3.8, 4) is 0 Å². The van der Waals surface area contributed by atoms with Crippen LogP contribution in [-0.2, 0) is 0 Å². The predicted octanol–water partition coefficient (Wildman–Crippen LogP) is -1.03. The van der Waals surface area contributed by atoms with Gasteiger partial charge in [0.05, 0.1) is 6.17 Å². The number of carbonyl (C=O) groups excluding carboxylic acids is 1. The van der Waals surface area contributed by atoms with Crippen LogP contribution in [0, 0.1) is 0 Å². The molecule has 1 heterocycles. The summed E-state index contributed by atoms with van der Waals surface area (Å²) in [6.45, 7) is 0.688. The summed E-state index contributed by atoms with van der Waals surface area (Å²) in [4.78, 5) is 10.4. The van der Waals surface area contributed by atoms with Crippen molar-refractivity contribution in [1.82, 2.24) is 10.6 Å². The maximum Gasteiger partial charge on any atom is 0.316 e. The average molecular weight is 120 g/mol. The van der Waals surface area contributed by atoms with Gasteiger partial charge < -0.3 is 16.4 Å². The lowest BCUT2D eigenvalue weighted by molar-refractivity contribution is 0.229. The minimum absolute atomic E-state index is 0.149. The maximum absolute atomic E-state index is 10.4. The highest BCUT2D eigenvalue weighted by Gasteiger charge is 2.11. The molecule has 46 valence electrons. The molecule has 1 aliphatic rings. The van der Waals surface area contributed by atoms with Crippen LogP contribution >= 0.6 is 0 Å². The zero-order valence-electron chi connectivity index (χ0n) is 4.48. The molecule has 8 heavy (non-hydrogen) atoms. The topological polar surface area (TPSA) is 67.1 Å². The van der Waals surface area contributed by atoms with E-state index in [-0.39, 0.29) is 12.2 Å². The molecule has 1 saturated heterocycles. The summed E-state index contributed by atoms with van der Waals surface area (Å²) in [7, 11) is 0. The van der Waals surface area contributed by atoms with Gasteiger partial charge >= 0.3 is 6.03 Å². The minimum atomic E-state index is -0.163. The lowest BCUT2D eigenvalue weighted by atomic mass is 10.6. The largest absolute Gasteiger partial charge is 0.338 e. The summed E-state index contributed by atoms with van der Waals surface area (Å²) in [5.74, 6) is 0. The highest BCUT2D eigenvalue weighted by Crippen LogP contribution is 1.86. The number of hydrogen-bond acceptors (Lipinski definition) is 2. The van der Waals surface area contributed by atoms with E-state index in [0.717, 1.165) is 6.42 Å². The van der Waals surface area contributed by atoms with Crippen LogP contribution in [0.3, 0.4) is 0 Å². The second-order valence-corrected chi connectivity index (χ2v) is 1.80. The Bertz CT molecular complexity index is 103. The molecule has 4 N–H and O–H groups in total. The highest BCUT2D eigenvalue weighted by molar-refractivity contribution is 5.74. The third-order valence-corrected chi connectivity index (χ3v) is 1.06. The first-order chi connectivity index (χ1) is 3.79. The fraction of sp³-hybridized carbons (Fsp3) is 0.750. The lowest BCUT2D eigenvalue weighted by Crippen LogP contribution is -2.53.